The maximum atomic E-state index is 12.2. The lowest BCUT2D eigenvalue weighted by atomic mass is 9.93. The van der Waals surface area contributed by atoms with Gasteiger partial charge in [-0.25, -0.2) is 0 Å². The Morgan fingerprint density at radius 1 is 1.41 bits per heavy atom. The summed E-state index contributed by atoms with van der Waals surface area (Å²) in [5.74, 6) is 0.219. The van der Waals surface area contributed by atoms with Gasteiger partial charge in [0.2, 0.25) is 5.91 Å². The molecule has 4 heteroatoms. The Kier molecular flexibility index (Phi) is 4.05. The van der Waals surface area contributed by atoms with E-state index in [1.807, 2.05) is 4.90 Å². The quantitative estimate of drug-likeness (QED) is 0.808. The maximum Gasteiger partial charge on any atom is 0.224 e. The van der Waals surface area contributed by atoms with Crippen molar-refractivity contribution in [3.8, 4) is 0 Å². The second-order valence-corrected chi connectivity index (χ2v) is 5.59. The smallest absolute Gasteiger partial charge is 0.224 e. The molecule has 4 nitrogen and oxygen atoms in total. The molecule has 17 heavy (non-hydrogen) atoms. The molecule has 1 saturated heterocycles. The summed E-state index contributed by atoms with van der Waals surface area (Å²) < 4.78 is 5.34. The van der Waals surface area contributed by atoms with Crippen molar-refractivity contribution in [2.24, 2.45) is 5.73 Å². The maximum absolute atomic E-state index is 12.2. The highest BCUT2D eigenvalue weighted by Crippen LogP contribution is 2.31. The molecular formula is C13H24N2O2. The first-order valence-electron chi connectivity index (χ1n) is 6.72. The van der Waals surface area contributed by atoms with Gasteiger partial charge in [-0.05, 0) is 25.7 Å². The van der Waals surface area contributed by atoms with Crippen LogP contribution in [0.5, 0.6) is 0 Å². The lowest BCUT2D eigenvalue weighted by molar-refractivity contribution is -0.136. The van der Waals surface area contributed by atoms with Crippen LogP contribution in [0.15, 0.2) is 0 Å². The number of carbonyl (C=O) groups excluding carboxylic acids is 1. The molecular weight excluding hydrogens is 216 g/mol. The van der Waals surface area contributed by atoms with E-state index in [2.05, 4.69) is 0 Å². The predicted molar refractivity (Wildman–Crippen MR) is 66.6 cm³/mol. The molecule has 2 fully saturated rings. The summed E-state index contributed by atoms with van der Waals surface area (Å²) in [6, 6.07) is 0. The summed E-state index contributed by atoms with van der Waals surface area (Å²) in [6.07, 6.45) is 7.18. The molecule has 1 aliphatic heterocycles. The molecule has 1 aliphatic carbocycles. The molecule has 0 aromatic carbocycles. The highest BCUT2D eigenvalue weighted by molar-refractivity contribution is 5.77. The molecule has 0 aromatic heterocycles. The number of carbonyl (C=O) groups is 1. The van der Waals surface area contributed by atoms with Crippen LogP contribution in [-0.4, -0.2) is 42.6 Å². The van der Waals surface area contributed by atoms with Crippen molar-refractivity contribution in [2.75, 3.05) is 20.2 Å². The summed E-state index contributed by atoms with van der Waals surface area (Å²) in [4.78, 5) is 14.1. The Labute approximate surface area is 103 Å². The second-order valence-electron chi connectivity index (χ2n) is 5.59. The molecule has 1 heterocycles. The third-order valence-electron chi connectivity index (χ3n) is 4.17. The standard InChI is InChI=1S/C13H24N2O2/c1-17-11-5-4-8-15(10-11)12(16)9-13(14)6-2-3-7-13/h11H,2-10,14H2,1H3. The van der Waals surface area contributed by atoms with Crippen LogP contribution in [-0.2, 0) is 9.53 Å². The van der Waals surface area contributed by atoms with Gasteiger partial charge in [-0.2, -0.15) is 0 Å². The average Bonchev–Trinajstić information content (AvgIpc) is 2.76. The first kappa shape index (κ1) is 12.8. The van der Waals surface area contributed by atoms with Crippen LogP contribution in [0.25, 0.3) is 0 Å². The molecule has 2 rings (SSSR count). The van der Waals surface area contributed by atoms with E-state index >= 15 is 0 Å². The van der Waals surface area contributed by atoms with Crippen LogP contribution >= 0.6 is 0 Å². The zero-order valence-corrected chi connectivity index (χ0v) is 10.8. The Morgan fingerprint density at radius 3 is 2.76 bits per heavy atom. The van der Waals surface area contributed by atoms with Gasteiger partial charge in [-0.3, -0.25) is 4.79 Å². The molecule has 0 radical (unpaired) electrons. The first-order valence-corrected chi connectivity index (χ1v) is 6.72. The number of piperidine rings is 1. The third-order valence-corrected chi connectivity index (χ3v) is 4.17. The molecule has 0 spiro atoms. The van der Waals surface area contributed by atoms with E-state index in [9.17, 15) is 4.79 Å². The van der Waals surface area contributed by atoms with Crippen LogP contribution in [0.4, 0.5) is 0 Å². The number of amides is 1. The fourth-order valence-electron chi connectivity index (χ4n) is 3.03. The lowest BCUT2D eigenvalue weighted by Crippen LogP contribution is -2.48. The number of hydrogen-bond acceptors (Lipinski definition) is 3. The van der Waals surface area contributed by atoms with Gasteiger partial charge in [0.25, 0.3) is 0 Å². The molecule has 2 aliphatic rings. The Bertz CT molecular complexity index is 275. The Balaban J connectivity index is 1.86. The van der Waals surface area contributed by atoms with Crippen molar-refractivity contribution in [1.82, 2.24) is 4.90 Å². The van der Waals surface area contributed by atoms with E-state index in [4.69, 9.17) is 10.5 Å². The van der Waals surface area contributed by atoms with Crippen molar-refractivity contribution in [3.63, 3.8) is 0 Å². The zero-order chi connectivity index (χ0) is 12.3. The normalized spacial score (nSPS) is 28.4. The SMILES string of the molecule is COC1CCCN(C(=O)CC2(N)CCCC2)C1. The van der Waals surface area contributed by atoms with Crippen LogP contribution in [0, 0.1) is 0 Å². The Hall–Kier alpha value is -0.610. The van der Waals surface area contributed by atoms with Gasteiger partial charge >= 0.3 is 0 Å². The predicted octanol–water partition coefficient (Wildman–Crippen LogP) is 1.29. The topological polar surface area (TPSA) is 55.6 Å². The molecule has 0 bridgehead atoms. The van der Waals surface area contributed by atoms with Gasteiger partial charge in [-0.1, -0.05) is 12.8 Å². The van der Waals surface area contributed by atoms with Gasteiger partial charge in [0, 0.05) is 32.2 Å². The molecule has 2 N–H and O–H groups in total. The number of nitrogens with zero attached hydrogens (tertiary/aromatic N) is 1. The van der Waals surface area contributed by atoms with Gasteiger partial charge in [-0.15, -0.1) is 0 Å². The van der Waals surface area contributed by atoms with E-state index in [0.29, 0.717) is 6.42 Å². The van der Waals surface area contributed by atoms with Crippen molar-refractivity contribution in [1.29, 1.82) is 0 Å². The number of rotatable bonds is 3. The van der Waals surface area contributed by atoms with E-state index in [0.717, 1.165) is 38.8 Å². The van der Waals surface area contributed by atoms with Crippen LogP contribution in [0.2, 0.25) is 0 Å². The number of nitrogens with two attached hydrogens (primary N) is 1. The minimum Gasteiger partial charge on any atom is -0.380 e. The molecule has 1 saturated carbocycles. The van der Waals surface area contributed by atoms with Crippen LogP contribution in [0.3, 0.4) is 0 Å². The fourth-order valence-corrected chi connectivity index (χ4v) is 3.03. The van der Waals surface area contributed by atoms with Crippen molar-refractivity contribution in [2.45, 2.75) is 56.6 Å². The molecule has 1 amide bonds. The largest absolute Gasteiger partial charge is 0.380 e. The summed E-state index contributed by atoms with van der Waals surface area (Å²) in [5, 5.41) is 0. The summed E-state index contributed by atoms with van der Waals surface area (Å²) >= 11 is 0. The number of methoxy groups -OCH3 is 1. The number of hydrogen-bond donors (Lipinski definition) is 1. The zero-order valence-electron chi connectivity index (χ0n) is 10.8. The van der Waals surface area contributed by atoms with Crippen molar-refractivity contribution in [3.05, 3.63) is 0 Å². The third kappa shape index (κ3) is 3.19. The number of ether oxygens (including phenoxy) is 1. The minimum atomic E-state index is -0.225. The highest BCUT2D eigenvalue weighted by atomic mass is 16.5. The number of likely N-dealkylation sites (tertiary alicyclic amines) is 1. The molecule has 1 unspecified atom stereocenters. The van der Waals surface area contributed by atoms with E-state index < -0.39 is 0 Å². The summed E-state index contributed by atoms with van der Waals surface area (Å²) in [7, 11) is 1.72. The highest BCUT2D eigenvalue weighted by Gasteiger charge is 2.34. The van der Waals surface area contributed by atoms with Crippen LogP contribution < -0.4 is 5.73 Å². The average molecular weight is 240 g/mol. The Morgan fingerprint density at radius 2 is 2.12 bits per heavy atom. The monoisotopic (exact) mass is 240 g/mol. The van der Waals surface area contributed by atoms with E-state index in [1.54, 1.807) is 7.11 Å². The molecule has 98 valence electrons. The van der Waals surface area contributed by atoms with Gasteiger partial charge in [0.05, 0.1) is 6.10 Å². The second kappa shape index (κ2) is 5.36. The minimum absolute atomic E-state index is 0.213. The van der Waals surface area contributed by atoms with Crippen LogP contribution in [0.1, 0.15) is 44.9 Å². The van der Waals surface area contributed by atoms with E-state index in [1.165, 1.54) is 12.8 Å². The summed E-state index contributed by atoms with van der Waals surface area (Å²) in [5.41, 5.74) is 6.03. The fraction of sp³-hybridized carbons (Fsp3) is 0.923. The van der Waals surface area contributed by atoms with E-state index in [-0.39, 0.29) is 17.6 Å². The van der Waals surface area contributed by atoms with Gasteiger partial charge < -0.3 is 15.4 Å². The van der Waals surface area contributed by atoms with Gasteiger partial charge in [0.15, 0.2) is 0 Å². The molecule has 1 atom stereocenters. The molecule has 0 aromatic rings. The van der Waals surface area contributed by atoms with Crippen molar-refractivity contribution < 1.29 is 9.53 Å². The van der Waals surface area contributed by atoms with Gasteiger partial charge in [0.1, 0.15) is 0 Å². The lowest BCUT2D eigenvalue weighted by Gasteiger charge is -2.34. The first-order chi connectivity index (χ1) is 8.13. The summed E-state index contributed by atoms with van der Waals surface area (Å²) in [6.45, 7) is 1.61. The van der Waals surface area contributed by atoms with Crippen molar-refractivity contribution >= 4 is 5.91 Å².